The number of para-hydroxylation sites is 1. The van der Waals surface area contributed by atoms with Crippen molar-refractivity contribution in [2.75, 3.05) is 17.7 Å². The lowest BCUT2D eigenvalue weighted by Gasteiger charge is -2.08. The second-order valence-electron chi connectivity index (χ2n) is 4.08. The number of nitrogens with zero attached hydrogens (tertiary/aromatic N) is 2. The topological polar surface area (TPSA) is 113 Å². The third kappa shape index (κ3) is 4.91. The lowest BCUT2D eigenvalue weighted by atomic mass is 10.2. The molecule has 1 aromatic heterocycles. The molecule has 1 aromatic carbocycles. The predicted molar refractivity (Wildman–Crippen MR) is 86.1 cm³/mol. The molecule has 0 saturated carbocycles. The molecule has 10 heteroatoms. The lowest BCUT2D eigenvalue weighted by Crippen LogP contribution is -2.20. The van der Waals surface area contributed by atoms with E-state index < -0.39 is 5.91 Å². The van der Waals surface area contributed by atoms with Gasteiger partial charge >= 0.3 is 0 Å². The number of rotatable bonds is 7. The van der Waals surface area contributed by atoms with Gasteiger partial charge in [0.1, 0.15) is 5.75 Å². The Balaban J connectivity index is 2.01. The van der Waals surface area contributed by atoms with Gasteiger partial charge in [0.2, 0.25) is 5.13 Å². The van der Waals surface area contributed by atoms with Crippen LogP contribution in [0.5, 0.6) is 5.75 Å². The van der Waals surface area contributed by atoms with Crippen molar-refractivity contribution in [2.45, 2.75) is 11.3 Å². The second-order valence-corrected chi connectivity index (χ2v) is 6.28. The number of nitrogens with one attached hydrogen (secondary N) is 2. The molecular formula is C13H14N4O4S2. The summed E-state index contributed by atoms with van der Waals surface area (Å²) < 4.78 is 5.91. The Morgan fingerprint density at radius 3 is 2.87 bits per heavy atom. The fourth-order valence-electron chi connectivity index (χ4n) is 1.58. The molecule has 0 atom stereocenters. The molecule has 2 aromatic rings. The minimum atomic E-state index is -0.540. The zero-order valence-electron chi connectivity index (χ0n) is 12.1. The minimum Gasteiger partial charge on any atom is -0.493 e. The summed E-state index contributed by atoms with van der Waals surface area (Å²) in [6, 6.07) is 6.90. The standard InChI is InChI=1S/C13H14N4O4S2/c1-2-21-9-6-4-3-5-8(9)11(19)14-12-15-16-13(23-12)22-7-10(18)17-20/h3-6,20H,2,7H2,1H3,(H,17,18)(H,14,15,19). The van der Waals surface area contributed by atoms with Crippen molar-refractivity contribution in [3.05, 3.63) is 29.8 Å². The van der Waals surface area contributed by atoms with Gasteiger partial charge in [-0.15, -0.1) is 10.2 Å². The first kappa shape index (κ1) is 17.2. The fraction of sp³-hybridized carbons (Fsp3) is 0.231. The Bertz CT molecular complexity index is 692. The molecule has 3 N–H and O–H groups in total. The van der Waals surface area contributed by atoms with E-state index in [2.05, 4.69) is 15.5 Å². The Morgan fingerprint density at radius 1 is 1.35 bits per heavy atom. The van der Waals surface area contributed by atoms with E-state index in [0.717, 1.165) is 23.1 Å². The number of carbonyl (C=O) groups excluding carboxylic acids is 2. The van der Waals surface area contributed by atoms with Crippen LogP contribution in [0.1, 0.15) is 17.3 Å². The zero-order valence-corrected chi connectivity index (χ0v) is 13.7. The van der Waals surface area contributed by atoms with E-state index in [1.165, 1.54) is 5.48 Å². The van der Waals surface area contributed by atoms with Crippen molar-refractivity contribution in [3.63, 3.8) is 0 Å². The number of hydrogen-bond donors (Lipinski definition) is 3. The van der Waals surface area contributed by atoms with Crippen molar-refractivity contribution < 1.29 is 19.5 Å². The van der Waals surface area contributed by atoms with Gasteiger partial charge in [0.05, 0.1) is 17.9 Å². The molecule has 0 aliphatic heterocycles. The van der Waals surface area contributed by atoms with Gasteiger partial charge in [-0.1, -0.05) is 35.2 Å². The highest BCUT2D eigenvalue weighted by atomic mass is 32.2. The number of anilines is 1. The summed E-state index contributed by atoms with van der Waals surface area (Å²) >= 11 is 2.24. The van der Waals surface area contributed by atoms with Gasteiger partial charge in [-0.2, -0.15) is 0 Å². The molecule has 0 aliphatic rings. The van der Waals surface area contributed by atoms with Crippen LogP contribution in [0, 0.1) is 0 Å². The van der Waals surface area contributed by atoms with Crippen molar-refractivity contribution in [3.8, 4) is 5.75 Å². The van der Waals surface area contributed by atoms with Gasteiger partial charge in [0.15, 0.2) is 4.34 Å². The van der Waals surface area contributed by atoms with Crippen molar-refractivity contribution >= 4 is 40.0 Å². The maximum absolute atomic E-state index is 12.3. The first-order valence-electron chi connectivity index (χ1n) is 6.56. The molecule has 0 aliphatic carbocycles. The van der Waals surface area contributed by atoms with Gasteiger partial charge < -0.3 is 4.74 Å². The van der Waals surface area contributed by atoms with Crippen LogP contribution in [0.25, 0.3) is 0 Å². The SMILES string of the molecule is CCOc1ccccc1C(=O)Nc1nnc(SCC(=O)NO)s1. The zero-order chi connectivity index (χ0) is 16.7. The van der Waals surface area contributed by atoms with Crippen LogP contribution in [-0.2, 0) is 4.79 Å². The second kappa shape index (κ2) is 8.46. The number of thioether (sulfide) groups is 1. The number of hydroxylamine groups is 1. The van der Waals surface area contributed by atoms with Crippen molar-refractivity contribution in [2.24, 2.45) is 0 Å². The third-order valence-electron chi connectivity index (χ3n) is 2.51. The highest BCUT2D eigenvalue weighted by Gasteiger charge is 2.15. The lowest BCUT2D eigenvalue weighted by molar-refractivity contribution is -0.126. The number of amides is 2. The van der Waals surface area contributed by atoms with Crippen LogP contribution in [0.4, 0.5) is 5.13 Å². The molecule has 2 rings (SSSR count). The predicted octanol–water partition coefficient (Wildman–Crippen LogP) is 1.79. The summed E-state index contributed by atoms with van der Waals surface area (Å²) in [7, 11) is 0. The van der Waals surface area contributed by atoms with Crippen LogP contribution in [0.15, 0.2) is 28.6 Å². The van der Waals surface area contributed by atoms with E-state index >= 15 is 0 Å². The highest BCUT2D eigenvalue weighted by Crippen LogP contribution is 2.26. The molecule has 0 fully saturated rings. The average molecular weight is 354 g/mol. The smallest absolute Gasteiger partial charge is 0.261 e. The average Bonchev–Trinajstić information content (AvgIpc) is 3.00. The summed E-state index contributed by atoms with van der Waals surface area (Å²) in [5, 5.41) is 19.1. The van der Waals surface area contributed by atoms with Crippen molar-refractivity contribution in [1.82, 2.24) is 15.7 Å². The van der Waals surface area contributed by atoms with E-state index in [9.17, 15) is 9.59 Å². The number of aromatic nitrogens is 2. The van der Waals surface area contributed by atoms with Gasteiger partial charge in [0.25, 0.3) is 11.8 Å². The summed E-state index contributed by atoms with van der Waals surface area (Å²) in [5.41, 5.74) is 1.93. The van der Waals surface area contributed by atoms with E-state index in [1.807, 2.05) is 6.92 Å². The van der Waals surface area contributed by atoms with Crippen LogP contribution in [-0.4, -0.2) is 39.6 Å². The molecule has 0 spiro atoms. The minimum absolute atomic E-state index is 0.00620. The summed E-state index contributed by atoms with van der Waals surface area (Å²) in [4.78, 5) is 23.2. The Kier molecular flexibility index (Phi) is 6.32. The number of hydrogen-bond acceptors (Lipinski definition) is 8. The van der Waals surface area contributed by atoms with Gasteiger partial charge in [-0.05, 0) is 19.1 Å². The largest absolute Gasteiger partial charge is 0.493 e. The molecule has 0 radical (unpaired) electrons. The van der Waals surface area contributed by atoms with Gasteiger partial charge in [0, 0.05) is 0 Å². The van der Waals surface area contributed by atoms with Crippen molar-refractivity contribution in [1.29, 1.82) is 0 Å². The van der Waals surface area contributed by atoms with E-state index in [1.54, 1.807) is 24.3 Å². The normalized spacial score (nSPS) is 10.2. The summed E-state index contributed by atoms with van der Waals surface area (Å²) in [6.07, 6.45) is 0. The molecule has 2 amide bonds. The van der Waals surface area contributed by atoms with Gasteiger partial charge in [-0.3, -0.25) is 20.1 Å². The molecule has 0 bridgehead atoms. The van der Waals surface area contributed by atoms with E-state index in [4.69, 9.17) is 9.94 Å². The number of benzene rings is 1. The Morgan fingerprint density at radius 2 is 2.13 bits per heavy atom. The Hall–Kier alpha value is -2.17. The molecule has 0 saturated heterocycles. The summed E-state index contributed by atoms with van der Waals surface area (Å²) in [5.74, 6) is -0.394. The number of carbonyl (C=O) groups is 2. The maximum Gasteiger partial charge on any atom is 0.261 e. The molecular weight excluding hydrogens is 340 g/mol. The quantitative estimate of drug-likeness (QED) is 0.301. The first-order chi connectivity index (χ1) is 11.1. The maximum atomic E-state index is 12.3. The van der Waals surface area contributed by atoms with Crippen LogP contribution in [0.2, 0.25) is 0 Å². The number of ether oxygens (including phenoxy) is 1. The molecule has 122 valence electrons. The third-order valence-corrected chi connectivity index (χ3v) is 4.48. The van der Waals surface area contributed by atoms with Crippen LogP contribution in [0.3, 0.4) is 0 Å². The van der Waals surface area contributed by atoms with E-state index in [-0.39, 0.29) is 11.7 Å². The molecule has 0 unspecified atom stereocenters. The monoisotopic (exact) mass is 354 g/mol. The Labute approximate surface area is 140 Å². The van der Waals surface area contributed by atoms with Crippen LogP contribution < -0.4 is 15.5 Å². The van der Waals surface area contributed by atoms with E-state index in [0.29, 0.717) is 27.4 Å². The molecule has 8 nitrogen and oxygen atoms in total. The fourth-order valence-corrected chi connectivity index (χ4v) is 3.12. The van der Waals surface area contributed by atoms with Gasteiger partial charge in [-0.25, -0.2) is 5.48 Å². The first-order valence-corrected chi connectivity index (χ1v) is 8.36. The van der Waals surface area contributed by atoms with Crippen LogP contribution >= 0.6 is 23.1 Å². The molecule has 23 heavy (non-hydrogen) atoms. The molecule has 1 heterocycles. The summed E-state index contributed by atoms with van der Waals surface area (Å²) in [6.45, 7) is 2.29. The highest BCUT2D eigenvalue weighted by molar-refractivity contribution is 8.01.